The van der Waals surface area contributed by atoms with Crippen molar-refractivity contribution >= 4 is 29.7 Å². The van der Waals surface area contributed by atoms with Gasteiger partial charge in [-0.25, -0.2) is 3.93 Å². The van der Waals surface area contributed by atoms with Crippen molar-refractivity contribution in [2.75, 3.05) is 6.29 Å². The maximum Gasteiger partial charge on any atom is 0.340 e. The van der Waals surface area contributed by atoms with Gasteiger partial charge in [0.1, 0.15) is 12.3 Å². The van der Waals surface area contributed by atoms with Gasteiger partial charge in [-0.15, -0.1) is 0 Å². The minimum atomic E-state index is -4.30. The third-order valence-electron chi connectivity index (χ3n) is 2.21. The standard InChI is InChI=1S/C10H13BrNO5P.H3N/c11-12(7-18(15,16)17)9(10(13)14)6-8-4-2-1-3-5-8;/h1-5,9H,6-7H2,(H,13,14)(H2,15,16,17);1H3. The van der Waals surface area contributed by atoms with Crippen molar-refractivity contribution in [1.82, 2.24) is 10.1 Å². The number of carbonyl (C=O) groups is 1. The molecule has 1 unspecified atom stereocenters. The Hall–Kier alpha value is -0.760. The number of hydrogen-bond donors (Lipinski definition) is 4. The van der Waals surface area contributed by atoms with Gasteiger partial charge in [0.15, 0.2) is 0 Å². The first-order valence-corrected chi connectivity index (χ1v) is 7.54. The Morgan fingerprint density at radius 3 is 2.26 bits per heavy atom. The van der Waals surface area contributed by atoms with Crippen molar-refractivity contribution in [3.63, 3.8) is 0 Å². The number of rotatable bonds is 6. The summed E-state index contributed by atoms with van der Waals surface area (Å²) in [7, 11) is -4.30. The van der Waals surface area contributed by atoms with E-state index in [2.05, 4.69) is 16.1 Å². The Kier molecular flexibility index (Phi) is 7.43. The van der Waals surface area contributed by atoms with E-state index in [1.54, 1.807) is 30.3 Å². The zero-order valence-corrected chi connectivity index (χ0v) is 12.5. The number of nitrogens with zero attached hydrogens (tertiary/aromatic N) is 1. The molecular formula is C10H16BrN2O5P. The summed E-state index contributed by atoms with van der Waals surface area (Å²) in [5, 5.41) is 9.08. The predicted octanol–water partition coefficient (Wildman–Crippen LogP) is 1.59. The molecule has 0 amide bonds. The van der Waals surface area contributed by atoms with E-state index in [1.165, 1.54) is 0 Å². The molecule has 0 bridgehead atoms. The summed E-state index contributed by atoms with van der Waals surface area (Å²) in [6.07, 6.45) is -0.502. The average Bonchev–Trinajstić information content (AvgIpc) is 2.24. The van der Waals surface area contributed by atoms with Gasteiger partial charge in [0.05, 0.1) is 0 Å². The van der Waals surface area contributed by atoms with Crippen molar-refractivity contribution in [1.29, 1.82) is 0 Å². The number of carboxylic acid groups (broad SMARTS) is 1. The zero-order chi connectivity index (χ0) is 13.8. The van der Waals surface area contributed by atoms with Crippen LogP contribution in [0.5, 0.6) is 0 Å². The Balaban J connectivity index is 0.00000324. The van der Waals surface area contributed by atoms with Crippen LogP contribution in [0.1, 0.15) is 5.56 Å². The first-order chi connectivity index (χ1) is 8.29. The fourth-order valence-corrected chi connectivity index (χ4v) is 3.16. The first-order valence-electron chi connectivity index (χ1n) is 5.03. The summed E-state index contributed by atoms with van der Waals surface area (Å²) in [6, 6.07) is 7.83. The fraction of sp³-hybridized carbons (Fsp3) is 0.300. The molecule has 9 heteroatoms. The Morgan fingerprint density at radius 1 is 1.32 bits per heavy atom. The molecule has 1 rings (SSSR count). The molecule has 0 aliphatic carbocycles. The van der Waals surface area contributed by atoms with Gasteiger partial charge >= 0.3 is 13.6 Å². The third-order valence-corrected chi connectivity index (χ3v) is 4.02. The van der Waals surface area contributed by atoms with E-state index in [0.29, 0.717) is 0 Å². The SMILES string of the molecule is N.O=C(O)C(Cc1ccccc1)N(Br)CP(=O)(O)O. The summed E-state index contributed by atoms with van der Waals surface area (Å²) >= 11 is 2.90. The number of hydrogen-bond acceptors (Lipinski definition) is 4. The molecule has 19 heavy (non-hydrogen) atoms. The van der Waals surface area contributed by atoms with Crippen molar-refractivity contribution in [2.45, 2.75) is 12.5 Å². The molecule has 0 radical (unpaired) electrons. The van der Waals surface area contributed by atoms with E-state index < -0.39 is 25.9 Å². The highest BCUT2D eigenvalue weighted by molar-refractivity contribution is 9.07. The number of carboxylic acids is 1. The van der Waals surface area contributed by atoms with Crippen molar-refractivity contribution in [3.8, 4) is 0 Å². The van der Waals surface area contributed by atoms with Crippen LogP contribution in [0.3, 0.4) is 0 Å². The quantitative estimate of drug-likeness (QED) is 0.450. The number of halogens is 1. The van der Waals surface area contributed by atoms with Crippen LogP contribution in [0.15, 0.2) is 30.3 Å². The largest absolute Gasteiger partial charge is 0.480 e. The molecule has 1 atom stereocenters. The van der Waals surface area contributed by atoms with Crippen LogP contribution < -0.4 is 6.15 Å². The van der Waals surface area contributed by atoms with Gasteiger partial charge in [0, 0.05) is 16.1 Å². The Morgan fingerprint density at radius 2 is 1.84 bits per heavy atom. The summed E-state index contributed by atoms with van der Waals surface area (Å²) in [4.78, 5) is 28.8. The Labute approximate surface area is 119 Å². The lowest BCUT2D eigenvalue weighted by atomic mass is 10.1. The summed E-state index contributed by atoms with van der Waals surface area (Å²) < 4.78 is 11.8. The summed E-state index contributed by atoms with van der Waals surface area (Å²) in [5.41, 5.74) is 0.778. The molecule has 1 aromatic rings. The van der Waals surface area contributed by atoms with Gasteiger partial charge in [-0.2, -0.15) is 0 Å². The monoisotopic (exact) mass is 354 g/mol. The van der Waals surface area contributed by atoms with E-state index in [4.69, 9.17) is 14.9 Å². The second-order valence-corrected chi connectivity index (χ2v) is 6.27. The molecule has 0 heterocycles. The van der Waals surface area contributed by atoms with Crippen molar-refractivity contribution < 1.29 is 24.3 Å². The Bertz CT molecular complexity index is 452. The van der Waals surface area contributed by atoms with E-state index in [1.807, 2.05) is 0 Å². The normalized spacial score (nSPS) is 12.8. The highest BCUT2D eigenvalue weighted by atomic mass is 79.9. The van der Waals surface area contributed by atoms with E-state index >= 15 is 0 Å². The van der Waals surface area contributed by atoms with Crippen LogP contribution >= 0.6 is 23.7 Å². The van der Waals surface area contributed by atoms with Gasteiger partial charge in [0.2, 0.25) is 0 Å². The van der Waals surface area contributed by atoms with Gasteiger partial charge in [-0.05, 0) is 12.0 Å². The summed E-state index contributed by atoms with van der Waals surface area (Å²) in [6.45, 7) is 0. The molecule has 0 aromatic heterocycles. The molecule has 0 saturated carbocycles. The highest BCUT2D eigenvalue weighted by Gasteiger charge is 2.29. The molecular weight excluding hydrogens is 339 g/mol. The minimum Gasteiger partial charge on any atom is -0.480 e. The molecule has 108 valence electrons. The van der Waals surface area contributed by atoms with Crippen LogP contribution in [0.25, 0.3) is 0 Å². The molecule has 0 saturated heterocycles. The zero-order valence-electron chi connectivity index (χ0n) is 10.0. The van der Waals surface area contributed by atoms with Crippen LogP contribution in [-0.4, -0.2) is 37.1 Å². The number of benzene rings is 1. The molecule has 0 spiro atoms. The first kappa shape index (κ1) is 18.2. The van der Waals surface area contributed by atoms with Gasteiger partial charge in [-0.1, -0.05) is 30.3 Å². The highest BCUT2D eigenvalue weighted by Crippen LogP contribution is 2.37. The van der Waals surface area contributed by atoms with E-state index in [-0.39, 0.29) is 12.6 Å². The second-order valence-electron chi connectivity index (χ2n) is 3.75. The molecule has 0 fully saturated rings. The van der Waals surface area contributed by atoms with E-state index in [0.717, 1.165) is 9.49 Å². The lowest BCUT2D eigenvalue weighted by Crippen LogP contribution is -2.37. The topological polar surface area (TPSA) is 133 Å². The van der Waals surface area contributed by atoms with Crippen molar-refractivity contribution in [3.05, 3.63) is 35.9 Å². The lowest BCUT2D eigenvalue weighted by Gasteiger charge is -2.22. The molecule has 7 nitrogen and oxygen atoms in total. The summed E-state index contributed by atoms with van der Waals surface area (Å²) in [5.74, 6) is -1.15. The fourth-order valence-electron chi connectivity index (χ4n) is 1.42. The smallest absolute Gasteiger partial charge is 0.340 e. The van der Waals surface area contributed by atoms with Gasteiger partial charge in [0.25, 0.3) is 0 Å². The maximum absolute atomic E-state index is 11.1. The molecule has 0 aliphatic rings. The molecule has 1 aromatic carbocycles. The van der Waals surface area contributed by atoms with Crippen LogP contribution in [0.4, 0.5) is 0 Å². The van der Waals surface area contributed by atoms with Gasteiger partial charge in [-0.3, -0.25) is 9.36 Å². The van der Waals surface area contributed by atoms with Crippen LogP contribution in [0.2, 0.25) is 0 Å². The molecule has 6 N–H and O–H groups in total. The predicted molar refractivity (Wildman–Crippen MR) is 74.3 cm³/mol. The maximum atomic E-state index is 11.1. The van der Waals surface area contributed by atoms with Crippen LogP contribution in [-0.2, 0) is 15.8 Å². The molecule has 0 aliphatic heterocycles. The van der Waals surface area contributed by atoms with Crippen LogP contribution in [0, 0.1) is 0 Å². The van der Waals surface area contributed by atoms with Crippen molar-refractivity contribution in [2.24, 2.45) is 0 Å². The number of aliphatic carboxylic acids is 1. The van der Waals surface area contributed by atoms with E-state index in [9.17, 15) is 9.36 Å². The third kappa shape index (κ3) is 6.81. The lowest BCUT2D eigenvalue weighted by molar-refractivity contribution is -0.140. The minimum absolute atomic E-state index is 0. The van der Waals surface area contributed by atoms with Gasteiger partial charge < -0.3 is 21.0 Å². The second kappa shape index (κ2) is 7.74. The average molecular weight is 355 g/mol.